The number of amides is 3. The maximum absolute atomic E-state index is 13.5. The first kappa shape index (κ1) is 26.2. The molecule has 0 unspecified atom stereocenters. The maximum Gasteiger partial charge on any atom is 0.261 e. The van der Waals surface area contributed by atoms with Gasteiger partial charge in [-0.15, -0.1) is 0 Å². The molecule has 2 aromatic carbocycles. The van der Waals surface area contributed by atoms with Gasteiger partial charge >= 0.3 is 0 Å². The normalized spacial score (nSPS) is 14.8. The predicted molar refractivity (Wildman–Crippen MR) is 131 cm³/mol. The van der Waals surface area contributed by atoms with Crippen molar-refractivity contribution in [2.45, 2.75) is 37.5 Å². The van der Waals surface area contributed by atoms with Gasteiger partial charge in [0.05, 0.1) is 11.5 Å². The van der Waals surface area contributed by atoms with Gasteiger partial charge in [-0.05, 0) is 50.2 Å². The zero-order chi connectivity index (χ0) is 25.6. The van der Waals surface area contributed by atoms with Gasteiger partial charge in [-0.1, -0.05) is 24.6 Å². The van der Waals surface area contributed by atoms with Crippen LogP contribution in [0.25, 0.3) is 0 Å². The van der Waals surface area contributed by atoms with Gasteiger partial charge in [-0.25, -0.2) is 8.42 Å². The van der Waals surface area contributed by atoms with Crippen molar-refractivity contribution in [2.24, 2.45) is 0 Å². The van der Waals surface area contributed by atoms with Crippen LogP contribution in [-0.4, -0.2) is 74.1 Å². The highest BCUT2D eigenvalue weighted by molar-refractivity contribution is 7.92. The average Bonchev–Trinajstić information content (AvgIpc) is 2.87. The summed E-state index contributed by atoms with van der Waals surface area (Å²) < 4.78 is 32.4. The summed E-state index contributed by atoms with van der Waals surface area (Å²) in [5.41, 5.74) is 1.06. The van der Waals surface area contributed by atoms with Gasteiger partial charge in [0, 0.05) is 38.2 Å². The predicted octanol–water partition coefficient (Wildman–Crippen LogP) is 2.00. The molecule has 0 saturated carbocycles. The minimum Gasteiger partial charge on any atom is -0.494 e. The van der Waals surface area contributed by atoms with Crippen LogP contribution in [0.3, 0.4) is 0 Å². The Morgan fingerprint density at radius 3 is 2.03 bits per heavy atom. The molecule has 0 spiro atoms. The number of nitrogens with one attached hydrogen (secondary N) is 1. The molecule has 0 radical (unpaired) electrons. The first-order valence-electron chi connectivity index (χ1n) is 11.6. The summed E-state index contributed by atoms with van der Waals surface area (Å²) in [5.74, 6) is -0.872. The highest BCUT2D eigenvalue weighted by Crippen LogP contribution is 2.20. The van der Waals surface area contributed by atoms with E-state index < -0.39 is 27.0 Å². The summed E-state index contributed by atoms with van der Waals surface area (Å²) in [7, 11) is -4.25. The molecule has 1 aliphatic rings. The summed E-state index contributed by atoms with van der Waals surface area (Å²) in [5, 5.41) is 0.633. The Bertz CT molecular complexity index is 1150. The van der Waals surface area contributed by atoms with E-state index in [0.29, 0.717) is 31.9 Å². The number of nitrogens with zero attached hydrogens (tertiary/aromatic N) is 2. The lowest BCUT2D eigenvalue weighted by molar-refractivity contribution is -0.139. The summed E-state index contributed by atoms with van der Waals surface area (Å²) >= 11 is 0. The molecule has 9 nitrogen and oxygen atoms in total. The van der Waals surface area contributed by atoms with Crippen LogP contribution in [-0.2, 0) is 19.4 Å². The van der Waals surface area contributed by atoms with Gasteiger partial charge in [-0.3, -0.25) is 14.4 Å². The van der Waals surface area contributed by atoms with Crippen molar-refractivity contribution < 1.29 is 27.5 Å². The molecule has 0 aromatic heterocycles. The number of carbonyl (C=O) groups is 3. The lowest BCUT2D eigenvalue weighted by Gasteiger charge is -2.36. The van der Waals surface area contributed by atoms with Crippen molar-refractivity contribution >= 4 is 27.6 Å². The first-order valence-corrected chi connectivity index (χ1v) is 13.1. The van der Waals surface area contributed by atoms with Gasteiger partial charge < -0.3 is 19.9 Å². The number of hydrogen-bond acceptors (Lipinski definition) is 6. The number of hydrogen-bond donors (Lipinski definition) is 1. The third kappa shape index (κ3) is 6.19. The number of carbonyl (C=O) groups excluding carboxylic acids is 3. The zero-order valence-corrected chi connectivity index (χ0v) is 21.0. The van der Waals surface area contributed by atoms with E-state index in [4.69, 9.17) is 4.74 Å². The van der Waals surface area contributed by atoms with Crippen molar-refractivity contribution in [3.63, 3.8) is 0 Å². The molecule has 1 aliphatic heterocycles. The van der Waals surface area contributed by atoms with Crippen molar-refractivity contribution in [3.05, 3.63) is 59.7 Å². The van der Waals surface area contributed by atoms with Crippen molar-refractivity contribution in [1.82, 2.24) is 15.1 Å². The molecule has 188 valence electrons. The average molecular weight is 502 g/mol. The second-order valence-corrected chi connectivity index (χ2v) is 10.3. The Morgan fingerprint density at radius 2 is 1.49 bits per heavy atom. The minimum absolute atomic E-state index is 0.0234. The number of benzene rings is 2. The van der Waals surface area contributed by atoms with E-state index in [-0.39, 0.29) is 29.5 Å². The standard InChI is InChI=1S/C25H31N3O6S/c1-4-22(29)27-14-16-28(17-15-27)25(31)24(35(32,33)21-12-6-18(3)7-13-21)26-23(30)19-8-10-20(11-9-19)34-5-2/h6-13,24H,4-5,14-17H2,1-3H3,(H,26,30)/t24-/m1/s1. The first-order chi connectivity index (χ1) is 16.7. The van der Waals surface area contributed by atoms with E-state index in [9.17, 15) is 22.8 Å². The van der Waals surface area contributed by atoms with E-state index in [2.05, 4.69) is 5.32 Å². The van der Waals surface area contributed by atoms with E-state index in [0.717, 1.165) is 5.56 Å². The molecule has 1 heterocycles. The summed E-state index contributed by atoms with van der Waals surface area (Å²) in [6.07, 6.45) is 0.358. The van der Waals surface area contributed by atoms with Crippen LogP contribution in [0.5, 0.6) is 5.75 Å². The Hall–Kier alpha value is -3.40. The number of sulfone groups is 1. The number of rotatable bonds is 8. The van der Waals surface area contributed by atoms with E-state index in [1.54, 1.807) is 36.1 Å². The van der Waals surface area contributed by atoms with E-state index in [1.165, 1.54) is 29.2 Å². The highest BCUT2D eigenvalue weighted by Gasteiger charge is 2.39. The van der Waals surface area contributed by atoms with E-state index in [1.807, 2.05) is 13.8 Å². The molecule has 3 rings (SSSR count). The lowest BCUT2D eigenvalue weighted by atomic mass is 10.2. The molecule has 1 N–H and O–H groups in total. The van der Waals surface area contributed by atoms with Crippen molar-refractivity contribution in [2.75, 3.05) is 32.8 Å². The fourth-order valence-corrected chi connectivity index (χ4v) is 5.24. The Morgan fingerprint density at radius 1 is 0.914 bits per heavy atom. The Labute approximate surface area is 206 Å². The number of aryl methyl sites for hydroxylation is 1. The SMILES string of the molecule is CCOc1ccc(C(=O)N[C@@H](C(=O)N2CCN(C(=O)CC)CC2)S(=O)(=O)c2ccc(C)cc2)cc1. The Balaban J connectivity index is 1.87. The zero-order valence-electron chi connectivity index (χ0n) is 20.2. The maximum atomic E-state index is 13.5. The smallest absolute Gasteiger partial charge is 0.261 e. The topological polar surface area (TPSA) is 113 Å². The van der Waals surface area contributed by atoms with Crippen LogP contribution in [0.1, 0.15) is 36.2 Å². The molecule has 1 atom stereocenters. The minimum atomic E-state index is -4.25. The molecule has 1 saturated heterocycles. The van der Waals surface area contributed by atoms with Crippen LogP contribution in [0.15, 0.2) is 53.4 Å². The van der Waals surface area contributed by atoms with Crippen molar-refractivity contribution in [1.29, 1.82) is 0 Å². The molecule has 10 heteroatoms. The molecule has 3 amide bonds. The second-order valence-electron chi connectivity index (χ2n) is 8.23. The summed E-state index contributed by atoms with van der Waals surface area (Å²) in [4.78, 5) is 41.4. The van der Waals surface area contributed by atoms with Crippen LogP contribution < -0.4 is 10.1 Å². The molecular weight excluding hydrogens is 470 g/mol. The fourth-order valence-electron chi connectivity index (χ4n) is 3.77. The molecule has 0 bridgehead atoms. The highest BCUT2D eigenvalue weighted by atomic mass is 32.2. The second kappa shape index (κ2) is 11.4. The lowest BCUT2D eigenvalue weighted by Crippen LogP contribution is -2.57. The van der Waals surface area contributed by atoms with Gasteiger partial charge in [0.25, 0.3) is 11.8 Å². The van der Waals surface area contributed by atoms with Gasteiger partial charge in [0.2, 0.25) is 21.1 Å². The number of piperazine rings is 1. The van der Waals surface area contributed by atoms with Crippen LogP contribution in [0.2, 0.25) is 0 Å². The molecule has 2 aromatic rings. The molecule has 0 aliphatic carbocycles. The van der Waals surface area contributed by atoms with Crippen LogP contribution in [0, 0.1) is 6.92 Å². The molecular formula is C25H31N3O6S. The number of ether oxygens (including phenoxy) is 1. The quantitative estimate of drug-likeness (QED) is 0.592. The van der Waals surface area contributed by atoms with Crippen LogP contribution in [0.4, 0.5) is 0 Å². The Kier molecular flexibility index (Phi) is 8.50. The molecule has 35 heavy (non-hydrogen) atoms. The summed E-state index contributed by atoms with van der Waals surface area (Å²) in [6, 6.07) is 12.3. The van der Waals surface area contributed by atoms with Gasteiger partial charge in [0.1, 0.15) is 5.75 Å². The third-order valence-corrected chi connectivity index (χ3v) is 7.69. The van der Waals surface area contributed by atoms with Gasteiger partial charge in [-0.2, -0.15) is 0 Å². The van der Waals surface area contributed by atoms with E-state index >= 15 is 0 Å². The largest absolute Gasteiger partial charge is 0.494 e. The van der Waals surface area contributed by atoms with Crippen LogP contribution >= 0.6 is 0 Å². The monoisotopic (exact) mass is 501 g/mol. The van der Waals surface area contributed by atoms with Gasteiger partial charge in [0.15, 0.2) is 0 Å². The molecule has 1 fully saturated rings. The fraction of sp³-hybridized carbons (Fsp3) is 0.400. The third-order valence-electron chi connectivity index (χ3n) is 5.82. The summed E-state index contributed by atoms with van der Waals surface area (Å²) in [6.45, 7) is 6.88. The van der Waals surface area contributed by atoms with Crippen molar-refractivity contribution in [3.8, 4) is 5.75 Å².